The third-order valence-electron chi connectivity index (χ3n) is 2.22. The minimum atomic E-state index is -0.325. The summed E-state index contributed by atoms with van der Waals surface area (Å²) < 4.78 is 5.01. The van der Waals surface area contributed by atoms with E-state index in [1.165, 1.54) is 0 Å². The lowest BCUT2D eigenvalue weighted by Gasteiger charge is -2.37. The van der Waals surface area contributed by atoms with Crippen LogP contribution in [0.3, 0.4) is 0 Å². The van der Waals surface area contributed by atoms with Gasteiger partial charge in [0.25, 0.3) is 0 Å². The van der Waals surface area contributed by atoms with Crippen molar-refractivity contribution in [1.29, 1.82) is 0 Å². The summed E-state index contributed by atoms with van der Waals surface area (Å²) in [5, 5.41) is 0. The molecule has 0 saturated carbocycles. The van der Waals surface area contributed by atoms with Gasteiger partial charge in [-0.3, -0.25) is 4.79 Å². The molecule has 4 nitrogen and oxygen atoms in total. The molecule has 70 valence electrons. The van der Waals surface area contributed by atoms with Crippen molar-refractivity contribution < 1.29 is 9.53 Å². The first kappa shape index (κ1) is 9.48. The van der Waals surface area contributed by atoms with Gasteiger partial charge in [0.2, 0.25) is 6.41 Å². The number of piperidine rings is 1. The number of likely N-dealkylation sites (tertiary alicyclic amines) is 1. The summed E-state index contributed by atoms with van der Waals surface area (Å²) in [5.74, 6) is 0. The molecule has 1 atom stereocenters. The van der Waals surface area contributed by atoms with Crippen molar-refractivity contribution >= 4 is 6.41 Å². The molecule has 0 aromatic heterocycles. The zero-order chi connectivity index (χ0) is 9.03. The minimum absolute atomic E-state index is 0.325. The Morgan fingerprint density at radius 2 is 2.50 bits per heavy atom. The van der Waals surface area contributed by atoms with Crippen LogP contribution in [0.5, 0.6) is 0 Å². The van der Waals surface area contributed by atoms with Gasteiger partial charge in [-0.15, -0.1) is 0 Å². The molecule has 0 aliphatic carbocycles. The lowest BCUT2D eigenvalue weighted by molar-refractivity contribution is -0.120. The zero-order valence-corrected chi connectivity index (χ0v) is 7.45. The SMILES string of the molecule is COCC1(N)CCCN(C=O)C1. The highest BCUT2D eigenvalue weighted by molar-refractivity contribution is 5.47. The molecule has 1 heterocycles. The predicted molar refractivity (Wildman–Crippen MR) is 45.7 cm³/mol. The Hall–Kier alpha value is -0.610. The topological polar surface area (TPSA) is 55.6 Å². The lowest BCUT2D eigenvalue weighted by Crippen LogP contribution is -2.56. The van der Waals surface area contributed by atoms with Gasteiger partial charge in [0.15, 0.2) is 0 Å². The fourth-order valence-corrected chi connectivity index (χ4v) is 1.69. The van der Waals surface area contributed by atoms with E-state index in [1.54, 1.807) is 12.0 Å². The first-order valence-corrected chi connectivity index (χ1v) is 4.17. The maximum absolute atomic E-state index is 10.5. The van der Waals surface area contributed by atoms with Gasteiger partial charge in [0, 0.05) is 20.2 Å². The minimum Gasteiger partial charge on any atom is -0.383 e. The van der Waals surface area contributed by atoms with Crippen molar-refractivity contribution in [2.75, 3.05) is 26.8 Å². The molecule has 1 unspecified atom stereocenters. The number of hydrogen-bond acceptors (Lipinski definition) is 3. The average molecular weight is 172 g/mol. The fourth-order valence-electron chi connectivity index (χ4n) is 1.69. The quantitative estimate of drug-likeness (QED) is 0.588. The van der Waals surface area contributed by atoms with E-state index in [-0.39, 0.29) is 5.54 Å². The number of amides is 1. The molecule has 1 rings (SSSR count). The number of ether oxygens (including phenoxy) is 1. The highest BCUT2D eigenvalue weighted by Gasteiger charge is 2.30. The van der Waals surface area contributed by atoms with Gasteiger partial charge in [-0.25, -0.2) is 0 Å². The Morgan fingerprint density at radius 1 is 1.75 bits per heavy atom. The van der Waals surface area contributed by atoms with Crippen molar-refractivity contribution in [1.82, 2.24) is 4.90 Å². The van der Waals surface area contributed by atoms with E-state index >= 15 is 0 Å². The number of rotatable bonds is 3. The van der Waals surface area contributed by atoms with Crippen molar-refractivity contribution in [3.8, 4) is 0 Å². The van der Waals surface area contributed by atoms with Gasteiger partial charge >= 0.3 is 0 Å². The van der Waals surface area contributed by atoms with Gasteiger partial charge in [0.05, 0.1) is 12.1 Å². The molecule has 4 heteroatoms. The van der Waals surface area contributed by atoms with Crippen LogP contribution in [0.1, 0.15) is 12.8 Å². The van der Waals surface area contributed by atoms with Crippen LogP contribution < -0.4 is 5.73 Å². The van der Waals surface area contributed by atoms with E-state index in [2.05, 4.69) is 0 Å². The molecule has 0 radical (unpaired) electrons. The van der Waals surface area contributed by atoms with E-state index in [0.29, 0.717) is 13.2 Å². The molecule has 12 heavy (non-hydrogen) atoms. The maximum Gasteiger partial charge on any atom is 0.209 e. The van der Waals surface area contributed by atoms with Crippen molar-refractivity contribution in [2.24, 2.45) is 5.73 Å². The number of carbonyl (C=O) groups excluding carboxylic acids is 1. The van der Waals surface area contributed by atoms with Crippen LogP contribution >= 0.6 is 0 Å². The van der Waals surface area contributed by atoms with E-state index in [1.807, 2.05) is 0 Å². The molecule has 0 aromatic rings. The molecular formula is C8H16N2O2. The highest BCUT2D eigenvalue weighted by Crippen LogP contribution is 2.17. The lowest BCUT2D eigenvalue weighted by atomic mass is 9.91. The molecule has 1 aliphatic heterocycles. The molecule has 1 aliphatic rings. The van der Waals surface area contributed by atoms with E-state index in [0.717, 1.165) is 25.8 Å². The number of hydrogen-bond donors (Lipinski definition) is 1. The van der Waals surface area contributed by atoms with Crippen molar-refractivity contribution in [2.45, 2.75) is 18.4 Å². The maximum atomic E-state index is 10.5. The van der Waals surface area contributed by atoms with Crippen LogP contribution in [-0.2, 0) is 9.53 Å². The summed E-state index contributed by atoms with van der Waals surface area (Å²) in [7, 11) is 1.63. The van der Waals surface area contributed by atoms with Crippen LogP contribution in [0.25, 0.3) is 0 Å². The molecule has 0 spiro atoms. The van der Waals surface area contributed by atoms with E-state index in [9.17, 15) is 4.79 Å². The Labute approximate surface area is 72.7 Å². The van der Waals surface area contributed by atoms with E-state index < -0.39 is 0 Å². The number of methoxy groups -OCH3 is 1. The van der Waals surface area contributed by atoms with E-state index in [4.69, 9.17) is 10.5 Å². The van der Waals surface area contributed by atoms with Crippen LogP contribution in [0, 0.1) is 0 Å². The van der Waals surface area contributed by atoms with Crippen LogP contribution in [0.2, 0.25) is 0 Å². The summed E-state index contributed by atoms with van der Waals surface area (Å²) in [6.07, 6.45) is 2.76. The van der Waals surface area contributed by atoms with Crippen molar-refractivity contribution in [3.63, 3.8) is 0 Å². The third kappa shape index (κ3) is 2.19. The second-order valence-corrected chi connectivity index (χ2v) is 3.47. The molecule has 1 fully saturated rings. The van der Waals surface area contributed by atoms with Crippen molar-refractivity contribution in [3.05, 3.63) is 0 Å². The largest absolute Gasteiger partial charge is 0.383 e. The van der Waals surface area contributed by atoms with Gasteiger partial charge in [0.1, 0.15) is 0 Å². The normalized spacial score (nSPS) is 30.3. The highest BCUT2D eigenvalue weighted by atomic mass is 16.5. The zero-order valence-electron chi connectivity index (χ0n) is 7.45. The first-order valence-electron chi connectivity index (χ1n) is 4.17. The van der Waals surface area contributed by atoms with Gasteiger partial charge in [-0.1, -0.05) is 0 Å². The predicted octanol–water partition coefficient (Wildman–Crippen LogP) is -0.417. The molecule has 0 aromatic carbocycles. The van der Waals surface area contributed by atoms with Gasteiger partial charge < -0.3 is 15.4 Å². The Morgan fingerprint density at radius 3 is 3.08 bits per heavy atom. The van der Waals surface area contributed by atoms with Gasteiger partial charge in [-0.05, 0) is 12.8 Å². The number of nitrogens with zero attached hydrogens (tertiary/aromatic N) is 1. The molecule has 0 bridgehead atoms. The Balaban J connectivity index is 2.48. The number of carbonyl (C=O) groups is 1. The standard InChI is InChI=1S/C8H16N2O2/c1-12-6-8(9)3-2-4-10(5-8)7-11/h7H,2-6,9H2,1H3. The second-order valence-electron chi connectivity index (χ2n) is 3.47. The fraction of sp³-hybridized carbons (Fsp3) is 0.875. The van der Waals surface area contributed by atoms with Crippen LogP contribution in [-0.4, -0.2) is 43.7 Å². The monoisotopic (exact) mass is 172 g/mol. The summed E-state index contributed by atoms with van der Waals surface area (Å²) in [5.41, 5.74) is 5.68. The summed E-state index contributed by atoms with van der Waals surface area (Å²) in [6.45, 7) is 1.97. The average Bonchev–Trinajstić information content (AvgIpc) is 2.04. The number of nitrogens with two attached hydrogens (primary N) is 1. The van der Waals surface area contributed by atoms with Crippen LogP contribution in [0.15, 0.2) is 0 Å². The molecule has 2 N–H and O–H groups in total. The molecule has 1 saturated heterocycles. The Bertz CT molecular complexity index is 159. The summed E-state index contributed by atoms with van der Waals surface area (Å²) in [4.78, 5) is 12.2. The molecule has 1 amide bonds. The smallest absolute Gasteiger partial charge is 0.209 e. The van der Waals surface area contributed by atoms with Crippen LogP contribution in [0.4, 0.5) is 0 Å². The second kappa shape index (κ2) is 3.87. The summed E-state index contributed by atoms with van der Waals surface area (Å²) >= 11 is 0. The first-order chi connectivity index (χ1) is 5.70. The van der Waals surface area contributed by atoms with Gasteiger partial charge in [-0.2, -0.15) is 0 Å². The Kier molecular flexibility index (Phi) is 3.05. The molecular weight excluding hydrogens is 156 g/mol. The summed E-state index contributed by atoms with van der Waals surface area (Å²) in [6, 6.07) is 0. The third-order valence-corrected chi connectivity index (χ3v) is 2.22.